The predicted octanol–water partition coefficient (Wildman–Crippen LogP) is 4.68. The van der Waals surface area contributed by atoms with Gasteiger partial charge in [0.2, 0.25) is 0 Å². The molecule has 0 spiro atoms. The molecule has 1 aromatic rings. The number of amides is 2. The second-order valence-corrected chi connectivity index (χ2v) is 9.94. The van der Waals surface area contributed by atoms with Crippen molar-refractivity contribution in [2.45, 2.75) is 83.0 Å². The van der Waals surface area contributed by atoms with Gasteiger partial charge in [0.15, 0.2) is 0 Å². The van der Waals surface area contributed by atoms with Crippen LogP contribution in [0, 0.1) is 5.82 Å². The van der Waals surface area contributed by atoms with Gasteiger partial charge in [-0.15, -0.1) is 0 Å². The number of rotatable bonds is 2. The Balaban J connectivity index is 1.77. The minimum absolute atomic E-state index is 0.236. The number of carbonyl (C=O) groups excluding carboxylic acids is 2. The largest absolute Gasteiger partial charge is 0.443 e. The molecular weight excluding hydrogens is 363 g/mol. The van der Waals surface area contributed by atoms with E-state index in [2.05, 4.69) is 5.43 Å². The fourth-order valence-corrected chi connectivity index (χ4v) is 4.21. The standard InChI is InChI=1S/C21H29FN2O4/c1-18(2,3)27-16(25)23-24(17(26)28-19(4,5)6)21-11-20(12-21,13-21)14-9-7-8-10-15(14)22/h7-10H,11-13H2,1-6H3,(H,23,25). The van der Waals surface area contributed by atoms with Crippen LogP contribution >= 0.6 is 0 Å². The molecule has 0 aliphatic heterocycles. The van der Waals surface area contributed by atoms with Crippen LogP contribution in [0.5, 0.6) is 0 Å². The van der Waals surface area contributed by atoms with Crippen molar-refractivity contribution in [3.63, 3.8) is 0 Å². The molecule has 2 bridgehead atoms. The number of carbonyl (C=O) groups is 2. The molecule has 2 amide bonds. The van der Waals surface area contributed by atoms with E-state index >= 15 is 0 Å². The number of hydrogen-bond acceptors (Lipinski definition) is 4. The zero-order valence-electron chi connectivity index (χ0n) is 17.4. The molecule has 3 fully saturated rings. The highest BCUT2D eigenvalue weighted by molar-refractivity contribution is 5.76. The van der Waals surface area contributed by atoms with Gasteiger partial charge in [-0.25, -0.2) is 24.4 Å². The second kappa shape index (κ2) is 6.36. The molecule has 0 heterocycles. The number of hydrazine groups is 1. The maximum absolute atomic E-state index is 14.2. The van der Waals surface area contributed by atoms with Gasteiger partial charge in [0.1, 0.15) is 17.0 Å². The third kappa shape index (κ3) is 3.80. The van der Waals surface area contributed by atoms with Crippen LogP contribution < -0.4 is 5.43 Å². The van der Waals surface area contributed by atoms with E-state index in [1.165, 1.54) is 11.1 Å². The van der Waals surface area contributed by atoms with Crippen LogP contribution in [0.2, 0.25) is 0 Å². The van der Waals surface area contributed by atoms with E-state index in [0.717, 1.165) is 0 Å². The van der Waals surface area contributed by atoms with Crippen LogP contribution in [-0.2, 0) is 14.9 Å². The lowest BCUT2D eigenvalue weighted by molar-refractivity contribution is -0.178. The van der Waals surface area contributed by atoms with Crippen LogP contribution in [0.25, 0.3) is 0 Å². The average Bonchev–Trinajstić information content (AvgIpc) is 2.41. The maximum atomic E-state index is 14.2. The van der Waals surface area contributed by atoms with Gasteiger partial charge in [-0.2, -0.15) is 0 Å². The predicted molar refractivity (Wildman–Crippen MR) is 102 cm³/mol. The Bertz CT molecular complexity index is 775. The summed E-state index contributed by atoms with van der Waals surface area (Å²) >= 11 is 0. The monoisotopic (exact) mass is 392 g/mol. The molecular formula is C21H29FN2O4. The molecule has 3 aliphatic rings. The number of hydrogen-bond donors (Lipinski definition) is 1. The van der Waals surface area contributed by atoms with E-state index in [1.54, 1.807) is 53.7 Å². The molecule has 3 saturated carbocycles. The summed E-state index contributed by atoms with van der Waals surface area (Å²) in [5.74, 6) is -0.236. The number of nitrogens with zero attached hydrogens (tertiary/aromatic N) is 1. The van der Waals surface area contributed by atoms with E-state index in [4.69, 9.17) is 9.47 Å². The lowest BCUT2D eigenvalue weighted by Crippen LogP contribution is -2.80. The van der Waals surface area contributed by atoms with Crippen LogP contribution in [0.4, 0.5) is 14.0 Å². The van der Waals surface area contributed by atoms with Gasteiger partial charge in [0, 0.05) is 5.41 Å². The van der Waals surface area contributed by atoms with Crippen molar-refractivity contribution in [1.29, 1.82) is 0 Å². The Kier molecular flexibility index (Phi) is 4.64. The molecule has 6 nitrogen and oxygen atoms in total. The smallest absolute Gasteiger partial charge is 0.429 e. The number of halogens is 1. The third-order valence-corrected chi connectivity index (χ3v) is 5.10. The van der Waals surface area contributed by atoms with Crippen molar-refractivity contribution in [2.24, 2.45) is 0 Å². The maximum Gasteiger partial charge on any atom is 0.429 e. The minimum atomic E-state index is -0.719. The van der Waals surface area contributed by atoms with Crippen molar-refractivity contribution in [3.05, 3.63) is 35.6 Å². The first-order valence-corrected chi connectivity index (χ1v) is 9.53. The van der Waals surface area contributed by atoms with E-state index in [9.17, 15) is 14.0 Å². The molecule has 0 unspecified atom stereocenters. The van der Waals surface area contributed by atoms with E-state index in [-0.39, 0.29) is 11.2 Å². The number of benzene rings is 1. The number of nitrogens with one attached hydrogen (secondary N) is 1. The van der Waals surface area contributed by atoms with Gasteiger partial charge in [0.05, 0.1) is 5.54 Å². The fraction of sp³-hybridized carbons (Fsp3) is 0.619. The Hall–Kier alpha value is -2.31. The van der Waals surface area contributed by atoms with Gasteiger partial charge < -0.3 is 9.47 Å². The van der Waals surface area contributed by atoms with E-state index in [0.29, 0.717) is 24.8 Å². The molecule has 7 heteroatoms. The SMILES string of the molecule is CC(C)(C)OC(=O)NN(C(=O)OC(C)(C)C)C12CC(c3ccccc3F)(C1)C2. The topological polar surface area (TPSA) is 67.9 Å². The van der Waals surface area contributed by atoms with Crippen LogP contribution in [0.1, 0.15) is 66.4 Å². The molecule has 1 aromatic carbocycles. The van der Waals surface area contributed by atoms with Crippen LogP contribution in [0.15, 0.2) is 24.3 Å². The molecule has 1 N–H and O–H groups in total. The highest BCUT2D eigenvalue weighted by Gasteiger charge is 2.73. The van der Waals surface area contributed by atoms with Crippen molar-refractivity contribution in [2.75, 3.05) is 0 Å². The number of ether oxygens (including phenoxy) is 2. The summed E-state index contributed by atoms with van der Waals surface area (Å²) in [7, 11) is 0. The third-order valence-electron chi connectivity index (χ3n) is 5.10. The van der Waals surface area contributed by atoms with E-state index < -0.39 is 28.9 Å². The minimum Gasteiger partial charge on any atom is -0.443 e. The molecule has 154 valence electrons. The summed E-state index contributed by atoms with van der Waals surface area (Å²) in [6, 6.07) is 6.72. The Labute approximate surface area is 165 Å². The Morgan fingerprint density at radius 1 is 1.00 bits per heavy atom. The lowest BCUT2D eigenvalue weighted by Gasteiger charge is -2.72. The van der Waals surface area contributed by atoms with Crippen molar-refractivity contribution in [3.8, 4) is 0 Å². The molecule has 3 aliphatic carbocycles. The molecule has 0 atom stereocenters. The Morgan fingerprint density at radius 3 is 2.04 bits per heavy atom. The zero-order valence-corrected chi connectivity index (χ0v) is 17.4. The summed E-state index contributed by atoms with van der Waals surface area (Å²) in [6.07, 6.45) is 0.338. The molecule has 0 saturated heterocycles. The summed E-state index contributed by atoms with van der Waals surface area (Å²) in [5, 5.41) is 1.24. The lowest BCUT2D eigenvalue weighted by atomic mass is 9.37. The summed E-state index contributed by atoms with van der Waals surface area (Å²) < 4.78 is 25.0. The van der Waals surface area contributed by atoms with Gasteiger partial charge in [-0.1, -0.05) is 18.2 Å². The molecule has 0 aromatic heterocycles. The van der Waals surface area contributed by atoms with Gasteiger partial charge in [-0.05, 0) is 72.4 Å². The van der Waals surface area contributed by atoms with Gasteiger partial charge >= 0.3 is 12.2 Å². The van der Waals surface area contributed by atoms with Crippen molar-refractivity contribution in [1.82, 2.24) is 10.4 Å². The molecule has 4 rings (SSSR count). The first kappa shape index (κ1) is 20.4. The quantitative estimate of drug-likeness (QED) is 0.742. The second-order valence-electron chi connectivity index (χ2n) is 9.94. The van der Waals surface area contributed by atoms with Gasteiger partial charge in [-0.3, -0.25) is 0 Å². The van der Waals surface area contributed by atoms with Crippen molar-refractivity contribution >= 4 is 12.2 Å². The molecule has 0 radical (unpaired) electrons. The highest BCUT2D eigenvalue weighted by atomic mass is 19.1. The van der Waals surface area contributed by atoms with E-state index in [1.807, 2.05) is 6.07 Å². The zero-order chi connectivity index (χ0) is 21.0. The summed E-state index contributed by atoms with van der Waals surface area (Å²) in [4.78, 5) is 25.1. The van der Waals surface area contributed by atoms with Gasteiger partial charge in [0.25, 0.3) is 0 Å². The van der Waals surface area contributed by atoms with Crippen molar-refractivity contribution < 1.29 is 23.5 Å². The van der Waals surface area contributed by atoms with Crippen LogP contribution in [-0.4, -0.2) is 33.9 Å². The average molecular weight is 392 g/mol. The van der Waals surface area contributed by atoms with Crippen LogP contribution in [0.3, 0.4) is 0 Å². The first-order chi connectivity index (χ1) is 12.8. The summed E-state index contributed by atoms with van der Waals surface area (Å²) in [5.41, 5.74) is 0.949. The fourth-order valence-electron chi connectivity index (χ4n) is 4.21. The first-order valence-electron chi connectivity index (χ1n) is 9.53. The molecule has 28 heavy (non-hydrogen) atoms. The highest BCUT2D eigenvalue weighted by Crippen LogP contribution is 2.70. The normalized spacial score (nSPS) is 25.8. The summed E-state index contributed by atoms with van der Waals surface area (Å²) in [6.45, 7) is 10.5. The Morgan fingerprint density at radius 2 is 1.54 bits per heavy atom.